The third-order valence-corrected chi connectivity index (χ3v) is 3.41. The van der Waals surface area contributed by atoms with E-state index in [-0.39, 0.29) is 12.1 Å². The van der Waals surface area contributed by atoms with E-state index in [1.807, 2.05) is 18.2 Å². The standard InChI is InChI=1S/C14H21NO3/c1-16-11-7-6-10(9-13(11)17-2)14(15)12-5-3-4-8-18-12/h6-7,9,12,14H,3-5,8,15H2,1-2H3. The molecule has 0 bridgehead atoms. The van der Waals surface area contributed by atoms with Crippen LogP contribution in [0.5, 0.6) is 11.5 Å². The fourth-order valence-corrected chi connectivity index (χ4v) is 2.32. The van der Waals surface area contributed by atoms with Crippen LogP contribution in [-0.4, -0.2) is 26.9 Å². The van der Waals surface area contributed by atoms with Gasteiger partial charge >= 0.3 is 0 Å². The second-order valence-electron chi connectivity index (χ2n) is 4.55. The van der Waals surface area contributed by atoms with Crippen LogP contribution in [0.2, 0.25) is 0 Å². The summed E-state index contributed by atoms with van der Waals surface area (Å²) in [7, 11) is 3.26. The smallest absolute Gasteiger partial charge is 0.161 e. The van der Waals surface area contributed by atoms with Crippen LogP contribution < -0.4 is 15.2 Å². The Kier molecular flexibility index (Phi) is 4.44. The first-order valence-corrected chi connectivity index (χ1v) is 6.35. The Morgan fingerprint density at radius 3 is 2.61 bits per heavy atom. The van der Waals surface area contributed by atoms with Crippen LogP contribution in [0.1, 0.15) is 30.9 Å². The number of rotatable bonds is 4. The number of nitrogens with two attached hydrogens (primary N) is 1. The van der Waals surface area contributed by atoms with Crippen molar-refractivity contribution in [1.29, 1.82) is 0 Å². The van der Waals surface area contributed by atoms with Crippen molar-refractivity contribution in [1.82, 2.24) is 0 Å². The van der Waals surface area contributed by atoms with Crippen molar-refractivity contribution in [2.24, 2.45) is 5.73 Å². The summed E-state index contributed by atoms with van der Waals surface area (Å²) in [6.07, 6.45) is 3.45. The Labute approximate surface area is 108 Å². The van der Waals surface area contributed by atoms with Crippen molar-refractivity contribution >= 4 is 0 Å². The predicted octanol–water partition coefficient (Wildman–Crippen LogP) is 2.27. The fourth-order valence-electron chi connectivity index (χ4n) is 2.32. The first-order valence-electron chi connectivity index (χ1n) is 6.35. The van der Waals surface area contributed by atoms with Gasteiger partial charge in [0.2, 0.25) is 0 Å². The van der Waals surface area contributed by atoms with Crippen molar-refractivity contribution < 1.29 is 14.2 Å². The lowest BCUT2D eigenvalue weighted by atomic mass is 9.96. The molecule has 1 aliphatic heterocycles. The highest BCUT2D eigenvalue weighted by Gasteiger charge is 2.23. The Morgan fingerprint density at radius 2 is 2.00 bits per heavy atom. The van der Waals surface area contributed by atoms with Gasteiger partial charge in [-0.25, -0.2) is 0 Å². The molecule has 0 amide bonds. The molecule has 2 N–H and O–H groups in total. The first-order chi connectivity index (χ1) is 8.76. The summed E-state index contributed by atoms with van der Waals surface area (Å²) < 4.78 is 16.2. The van der Waals surface area contributed by atoms with Crippen molar-refractivity contribution in [2.75, 3.05) is 20.8 Å². The molecule has 0 aromatic heterocycles. The van der Waals surface area contributed by atoms with Crippen molar-refractivity contribution in [3.63, 3.8) is 0 Å². The highest BCUT2D eigenvalue weighted by Crippen LogP contribution is 2.32. The molecule has 0 radical (unpaired) electrons. The highest BCUT2D eigenvalue weighted by molar-refractivity contribution is 5.43. The average Bonchev–Trinajstić information content (AvgIpc) is 2.46. The molecule has 0 aliphatic carbocycles. The van der Waals surface area contributed by atoms with Gasteiger partial charge in [0.15, 0.2) is 11.5 Å². The summed E-state index contributed by atoms with van der Waals surface area (Å²) in [5.74, 6) is 1.43. The number of hydrogen-bond acceptors (Lipinski definition) is 4. The molecule has 100 valence electrons. The second kappa shape index (κ2) is 6.07. The van der Waals surface area contributed by atoms with Gasteiger partial charge in [-0.1, -0.05) is 6.07 Å². The molecule has 2 atom stereocenters. The monoisotopic (exact) mass is 251 g/mol. The van der Waals surface area contributed by atoms with Crippen LogP contribution in [0.25, 0.3) is 0 Å². The molecule has 18 heavy (non-hydrogen) atoms. The van der Waals surface area contributed by atoms with Crippen LogP contribution in [-0.2, 0) is 4.74 Å². The molecule has 1 saturated heterocycles. The van der Waals surface area contributed by atoms with Crippen LogP contribution in [0.15, 0.2) is 18.2 Å². The molecule has 4 nitrogen and oxygen atoms in total. The molecule has 1 fully saturated rings. The van der Waals surface area contributed by atoms with Crippen LogP contribution in [0.4, 0.5) is 0 Å². The SMILES string of the molecule is COc1ccc(C(N)C2CCCCO2)cc1OC. The lowest BCUT2D eigenvalue weighted by Gasteiger charge is -2.28. The number of methoxy groups -OCH3 is 2. The highest BCUT2D eigenvalue weighted by atomic mass is 16.5. The average molecular weight is 251 g/mol. The molecule has 0 saturated carbocycles. The van der Waals surface area contributed by atoms with Gasteiger partial charge in [-0.2, -0.15) is 0 Å². The molecule has 2 unspecified atom stereocenters. The van der Waals surface area contributed by atoms with Crippen LogP contribution in [0, 0.1) is 0 Å². The maximum absolute atomic E-state index is 6.26. The summed E-state index contributed by atoms with van der Waals surface area (Å²) in [5, 5.41) is 0. The van der Waals surface area contributed by atoms with Gasteiger partial charge in [0.05, 0.1) is 26.4 Å². The molecule has 1 aliphatic rings. The maximum Gasteiger partial charge on any atom is 0.161 e. The third kappa shape index (κ3) is 2.76. The minimum Gasteiger partial charge on any atom is -0.493 e. The van der Waals surface area contributed by atoms with Gasteiger partial charge in [-0.3, -0.25) is 0 Å². The minimum absolute atomic E-state index is 0.106. The molecule has 0 spiro atoms. The Morgan fingerprint density at radius 1 is 1.22 bits per heavy atom. The fraction of sp³-hybridized carbons (Fsp3) is 0.571. The lowest BCUT2D eigenvalue weighted by molar-refractivity contribution is -0.0000240. The Balaban J connectivity index is 2.16. The molecule has 4 heteroatoms. The van der Waals surface area contributed by atoms with Gasteiger partial charge < -0.3 is 19.9 Å². The zero-order chi connectivity index (χ0) is 13.0. The minimum atomic E-state index is -0.106. The second-order valence-corrected chi connectivity index (χ2v) is 4.55. The Hall–Kier alpha value is -1.26. The van der Waals surface area contributed by atoms with E-state index in [0.717, 1.165) is 30.8 Å². The summed E-state index contributed by atoms with van der Waals surface area (Å²) in [5.41, 5.74) is 7.29. The Bertz CT molecular complexity index is 389. The third-order valence-electron chi connectivity index (χ3n) is 3.41. The number of hydrogen-bond donors (Lipinski definition) is 1. The maximum atomic E-state index is 6.26. The van der Waals surface area contributed by atoms with E-state index in [4.69, 9.17) is 19.9 Å². The normalized spacial score (nSPS) is 21.4. The van der Waals surface area contributed by atoms with Gasteiger partial charge in [-0.15, -0.1) is 0 Å². The van der Waals surface area contributed by atoms with E-state index in [1.54, 1.807) is 14.2 Å². The van der Waals surface area contributed by atoms with E-state index < -0.39 is 0 Å². The molecule has 1 aromatic carbocycles. The van der Waals surface area contributed by atoms with Crippen molar-refractivity contribution in [3.05, 3.63) is 23.8 Å². The van der Waals surface area contributed by atoms with Gasteiger partial charge in [0.1, 0.15) is 0 Å². The quantitative estimate of drug-likeness (QED) is 0.892. The van der Waals surface area contributed by atoms with E-state index in [2.05, 4.69) is 0 Å². The number of benzene rings is 1. The largest absolute Gasteiger partial charge is 0.493 e. The van der Waals surface area contributed by atoms with Crippen LogP contribution in [0.3, 0.4) is 0 Å². The van der Waals surface area contributed by atoms with Crippen molar-refractivity contribution in [3.8, 4) is 11.5 Å². The molecular formula is C14H21NO3. The predicted molar refractivity (Wildman–Crippen MR) is 70.1 cm³/mol. The molecule has 1 aromatic rings. The summed E-state index contributed by atoms with van der Waals surface area (Å²) in [6, 6.07) is 5.69. The van der Waals surface area contributed by atoms with Gasteiger partial charge in [0.25, 0.3) is 0 Å². The van der Waals surface area contributed by atoms with Gasteiger partial charge in [0, 0.05) is 6.61 Å². The number of ether oxygens (including phenoxy) is 3. The molecule has 1 heterocycles. The zero-order valence-corrected chi connectivity index (χ0v) is 11.0. The summed E-state index contributed by atoms with van der Waals surface area (Å²) >= 11 is 0. The van der Waals surface area contributed by atoms with E-state index >= 15 is 0 Å². The molecular weight excluding hydrogens is 230 g/mol. The summed E-state index contributed by atoms with van der Waals surface area (Å²) in [6.45, 7) is 0.811. The van der Waals surface area contributed by atoms with Gasteiger partial charge in [-0.05, 0) is 37.0 Å². The topological polar surface area (TPSA) is 53.7 Å². The van der Waals surface area contributed by atoms with E-state index in [9.17, 15) is 0 Å². The van der Waals surface area contributed by atoms with Crippen molar-refractivity contribution in [2.45, 2.75) is 31.4 Å². The zero-order valence-electron chi connectivity index (χ0n) is 11.0. The van der Waals surface area contributed by atoms with E-state index in [0.29, 0.717) is 5.75 Å². The first kappa shape index (κ1) is 13.2. The van der Waals surface area contributed by atoms with E-state index in [1.165, 1.54) is 6.42 Å². The lowest BCUT2D eigenvalue weighted by Crippen LogP contribution is -2.31. The van der Waals surface area contributed by atoms with Crippen LogP contribution >= 0.6 is 0 Å². The molecule has 2 rings (SSSR count). The summed E-state index contributed by atoms with van der Waals surface area (Å²) in [4.78, 5) is 0.